The van der Waals surface area contributed by atoms with Gasteiger partial charge in [0.15, 0.2) is 0 Å². The average Bonchev–Trinajstić information content (AvgIpc) is 2.04. The summed E-state index contributed by atoms with van der Waals surface area (Å²) in [6.07, 6.45) is 0. The molecule has 0 saturated carbocycles. The van der Waals surface area contributed by atoms with Crippen molar-refractivity contribution < 1.29 is 4.74 Å². The summed E-state index contributed by atoms with van der Waals surface area (Å²) in [5.74, 6) is 0.708. The smallest absolute Gasteiger partial charge is 0.119 e. The lowest BCUT2D eigenvalue weighted by molar-refractivity contribution is 0.299. The second-order valence-corrected chi connectivity index (χ2v) is 2.93. The molecule has 0 fully saturated rings. The van der Waals surface area contributed by atoms with Gasteiger partial charge in [0.25, 0.3) is 0 Å². The van der Waals surface area contributed by atoms with Gasteiger partial charge in [-0.25, -0.2) is 0 Å². The van der Waals surface area contributed by atoms with Gasteiger partial charge < -0.3 is 10.5 Å². The highest BCUT2D eigenvalue weighted by Gasteiger charge is 2.02. The molecule has 0 aliphatic carbocycles. The van der Waals surface area contributed by atoms with Crippen molar-refractivity contribution in [1.29, 1.82) is 0 Å². The molecule has 2 N–H and O–H groups in total. The lowest BCUT2D eigenvalue weighted by atomic mass is 10.1. The van der Waals surface area contributed by atoms with Crippen LogP contribution in [0, 0.1) is 6.92 Å². The third-order valence-electron chi connectivity index (χ3n) is 1.87. The number of hydrogen-bond donors (Lipinski definition) is 1. The van der Waals surface area contributed by atoms with E-state index in [1.165, 1.54) is 0 Å². The second-order valence-electron chi connectivity index (χ2n) is 2.93. The van der Waals surface area contributed by atoms with Crippen LogP contribution in [-0.4, -0.2) is 6.61 Å². The van der Waals surface area contributed by atoms with Crippen LogP contribution in [0.25, 0.3) is 5.76 Å². The van der Waals surface area contributed by atoms with Gasteiger partial charge in [-0.15, -0.1) is 0 Å². The number of rotatable bonds is 3. The normalized spacial score (nSPS) is 9.69. The first-order valence-electron chi connectivity index (χ1n) is 4.33. The van der Waals surface area contributed by atoms with Crippen molar-refractivity contribution in [3.05, 3.63) is 35.9 Å². The van der Waals surface area contributed by atoms with Crippen LogP contribution < -0.4 is 5.73 Å². The number of anilines is 1. The van der Waals surface area contributed by atoms with E-state index in [-0.39, 0.29) is 0 Å². The first kappa shape index (κ1) is 9.65. The van der Waals surface area contributed by atoms with Gasteiger partial charge in [0.1, 0.15) is 5.76 Å². The quantitative estimate of drug-likeness (QED) is 0.569. The van der Waals surface area contributed by atoms with E-state index in [0.717, 1.165) is 16.8 Å². The molecule has 0 aliphatic rings. The van der Waals surface area contributed by atoms with Crippen molar-refractivity contribution in [1.82, 2.24) is 0 Å². The van der Waals surface area contributed by atoms with Crippen molar-refractivity contribution in [3.63, 3.8) is 0 Å². The average molecular weight is 177 g/mol. The van der Waals surface area contributed by atoms with E-state index in [1.54, 1.807) is 0 Å². The molecule has 0 bridgehead atoms. The summed E-state index contributed by atoms with van der Waals surface area (Å²) in [7, 11) is 0. The third kappa shape index (κ3) is 2.25. The second kappa shape index (κ2) is 3.99. The Labute approximate surface area is 79.0 Å². The summed E-state index contributed by atoms with van der Waals surface area (Å²) in [5, 5.41) is 0. The van der Waals surface area contributed by atoms with E-state index in [0.29, 0.717) is 12.4 Å². The van der Waals surface area contributed by atoms with E-state index in [1.807, 2.05) is 32.0 Å². The van der Waals surface area contributed by atoms with Crippen molar-refractivity contribution in [3.8, 4) is 0 Å². The van der Waals surface area contributed by atoms with Crippen molar-refractivity contribution in [2.75, 3.05) is 12.3 Å². The first-order valence-corrected chi connectivity index (χ1v) is 4.33. The Morgan fingerprint density at radius 3 is 2.77 bits per heavy atom. The predicted molar refractivity (Wildman–Crippen MR) is 56.3 cm³/mol. The van der Waals surface area contributed by atoms with Crippen LogP contribution in [0.5, 0.6) is 0 Å². The minimum absolute atomic E-state index is 0.642. The number of nitrogens with two attached hydrogens (primary N) is 1. The monoisotopic (exact) mass is 177 g/mol. The van der Waals surface area contributed by atoms with E-state index in [2.05, 4.69) is 6.58 Å². The fourth-order valence-corrected chi connectivity index (χ4v) is 1.25. The molecule has 1 aromatic carbocycles. The number of benzene rings is 1. The Morgan fingerprint density at radius 2 is 2.23 bits per heavy atom. The van der Waals surface area contributed by atoms with Gasteiger partial charge in [0.05, 0.1) is 6.61 Å². The molecule has 1 aromatic rings. The fraction of sp³-hybridized carbons (Fsp3) is 0.273. The Bertz CT molecular complexity index is 318. The molecule has 0 saturated heterocycles. The van der Waals surface area contributed by atoms with Crippen LogP contribution in [0.15, 0.2) is 24.8 Å². The van der Waals surface area contributed by atoms with Gasteiger partial charge in [-0.1, -0.05) is 6.58 Å². The molecular formula is C11H15NO. The Hall–Kier alpha value is -1.44. The van der Waals surface area contributed by atoms with Crippen LogP contribution >= 0.6 is 0 Å². The van der Waals surface area contributed by atoms with Crippen molar-refractivity contribution in [2.45, 2.75) is 13.8 Å². The number of hydrogen-bond acceptors (Lipinski definition) is 2. The lowest BCUT2D eigenvalue weighted by Gasteiger charge is -2.10. The van der Waals surface area contributed by atoms with Crippen molar-refractivity contribution in [2.24, 2.45) is 0 Å². The number of ether oxygens (including phenoxy) is 1. The summed E-state index contributed by atoms with van der Waals surface area (Å²) in [6, 6.07) is 5.70. The van der Waals surface area contributed by atoms with Gasteiger partial charge in [-0.2, -0.15) is 0 Å². The summed E-state index contributed by atoms with van der Waals surface area (Å²) in [5.41, 5.74) is 8.52. The fourth-order valence-electron chi connectivity index (χ4n) is 1.25. The molecule has 13 heavy (non-hydrogen) atoms. The van der Waals surface area contributed by atoms with Gasteiger partial charge in [-0.05, 0) is 37.6 Å². The summed E-state index contributed by atoms with van der Waals surface area (Å²) >= 11 is 0. The topological polar surface area (TPSA) is 35.2 Å². The van der Waals surface area contributed by atoms with E-state index >= 15 is 0 Å². The highest BCUT2D eigenvalue weighted by molar-refractivity contribution is 5.63. The summed E-state index contributed by atoms with van der Waals surface area (Å²) in [4.78, 5) is 0. The molecule has 1 rings (SSSR count). The molecule has 70 valence electrons. The maximum atomic E-state index is 5.63. The van der Waals surface area contributed by atoms with Gasteiger partial charge in [0.2, 0.25) is 0 Å². The maximum Gasteiger partial charge on any atom is 0.119 e. The first-order chi connectivity index (χ1) is 6.15. The molecule has 0 heterocycles. The third-order valence-corrected chi connectivity index (χ3v) is 1.87. The van der Waals surface area contributed by atoms with Crippen LogP contribution in [0.1, 0.15) is 18.1 Å². The van der Waals surface area contributed by atoms with Gasteiger partial charge >= 0.3 is 0 Å². The predicted octanol–water partition coefficient (Wildman–Crippen LogP) is 2.58. The molecular weight excluding hydrogens is 162 g/mol. The van der Waals surface area contributed by atoms with Crippen LogP contribution in [0.3, 0.4) is 0 Å². The highest BCUT2D eigenvalue weighted by atomic mass is 16.5. The molecule has 0 unspecified atom stereocenters. The maximum absolute atomic E-state index is 5.63. The summed E-state index contributed by atoms with van der Waals surface area (Å²) < 4.78 is 5.31. The Morgan fingerprint density at radius 1 is 1.54 bits per heavy atom. The molecule has 0 spiro atoms. The molecule has 0 aromatic heterocycles. The molecule has 0 radical (unpaired) electrons. The molecule has 2 heteroatoms. The molecule has 0 atom stereocenters. The zero-order chi connectivity index (χ0) is 9.84. The minimum atomic E-state index is 0.642. The zero-order valence-corrected chi connectivity index (χ0v) is 8.13. The summed E-state index contributed by atoms with van der Waals surface area (Å²) in [6.45, 7) is 8.42. The number of nitrogen functional groups attached to an aromatic ring is 1. The van der Waals surface area contributed by atoms with Crippen LogP contribution in [-0.2, 0) is 4.74 Å². The SMILES string of the molecule is C=C(OCC)c1ccc(N)cc1C. The molecule has 0 amide bonds. The van der Waals surface area contributed by atoms with Crippen molar-refractivity contribution >= 4 is 11.4 Å². The highest BCUT2D eigenvalue weighted by Crippen LogP contribution is 2.20. The van der Waals surface area contributed by atoms with Crippen LogP contribution in [0.2, 0.25) is 0 Å². The standard InChI is InChI=1S/C11H15NO/c1-4-13-9(3)11-6-5-10(12)7-8(11)2/h5-7H,3-4,12H2,1-2H3. The lowest BCUT2D eigenvalue weighted by Crippen LogP contribution is -1.94. The van der Waals surface area contributed by atoms with E-state index in [4.69, 9.17) is 10.5 Å². The number of aryl methyl sites for hydroxylation is 1. The van der Waals surface area contributed by atoms with Gasteiger partial charge in [-0.3, -0.25) is 0 Å². The van der Waals surface area contributed by atoms with E-state index < -0.39 is 0 Å². The molecule has 2 nitrogen and oxygen atoms in total. The molecule has 0 aliphatic heterocycles. The van der Waals surface area contributed by atoms with Gasteiger partial charge in [0, 0.05) is 11.3 Å². The van der Waals surface area contributed by atoms with E-state index in [9.17, 15) is 0 Å². The Balaban J connectivity index is 2.95. The van der Waals surface area contributed by atoms with Crippen LogP contribution in [0.4, 0.5) is 5.69 Å². The zero-order valence-electron chi connectivity index (χ0n) is 8.13. The minimum Gasteiger partial charge on any atom is -0.494 e. The largest absolute Gasteiger partial charge is 0.494 e. The Kier molecular flexibility index (Phi) is 2.96.